The molecule has 7 N–H and O–H groups in total. The lowest BCUT2D eigenvalue weighted by Crippen LogP contribution is -2.46. The van der Waals surface area contributed by atoms with Crippen LogP contribution in [0.4, 0.5) is 5.69 Å². The minimum Gasteiger partial charge on any atom is -0.504 e. The van der Waals surface area contributed by atoms with Gasteiger partial charge in [-0.05, 0) is 55.3 Å². The van der Waals surface area contributed by atoms with Gasteiger partial charge in [-0.15, -0.1) is 0 Å². The number of aromatic hydroxyl groups is 2. The van der Waals surface area contributed by atoms with Crippen LogP contribution in [0.15, 0.2) is 42.5 Å². The van der Waals surface area contributed by atoms with E-state index >= 15 is 0 Å². The maximum absolute atomic E-state index is 11.4. The summed E-state index contributed by atoms with van der Waals surface area (Å²) in [5.74, 6) is -1.92. The summed E-state index contributed by atoms with van der Waals surface area (Å²) in [6.07, 6.45) is 2.01. The fraction of sp³-hybridized carbons (Fsp3) is 0.333. The zero-order valence-corrected chi connectivity index (χ0v) is 16.6. The highest BCUT2D eigenvalue weighted by atomic mass is 16.5. The van der Waals surface area contributed by atoms with Gasteiger partial charge in [-0.3, -0.25) is 4.79 Å². The number of carboxylic acid groups (broad SMARTS) is 1. The lowest BCUT2D eigenvalue weighted by atomic mass is 9.94. The van der Waals surface area contributed by atoms with Crippen molar-refractivity contribution >= 4 is 17.6 Å². The van der Waals surface area contributed by atoms with Crippen molar-refractivity contribution in [2.75, 3.05) is 12.3 Å². The summed E-state index contributed by atoms with van der Waals surface area (Å²) in [7, 11) is 0. The van der Waals surface area contributed by atoms with E-state index in [-0.39, 0.29) is 23.9 Å². The SMILES string of the molecule is CC(N)(Cc1ccc(O)c(O)c1)C(=O)O.CCCCOC(=O)c1ccc(N)cc1. The zero-order valence-electron chi connectivity index (χ0n) is 16.6. The predicted molar refractivity (Wildman–Crippen MR) is 110 cm³/mol. The zero-order chi connectivity index (χ0) is 22.0. The number of rotatable bonds is 7. The number of esters is 1. The Morgan fingerprint density at radius 2 is 1.69 bits per heavy atom. The summed E-state index contributed by atoms with van der Waals surface area (Å²) in [4.78, 5) is 22.1. The van der Waals surface area contributed by atoms with Crippen LogP contribution in [-0.2, 0) is 16.0 Å². The molecule has 0 saturated carbocycles. The Hall–Kier alpha value is -3.26. The van der Waals surface area contributed by atoms with E-state index in [0.29, 0.717) is 23.4 Å². The van der Waals surface area contributed by atoms with Crippen molar-refractivity contribution in [2.24, 2.45) is 5.73 Å². The van der Waals surface area contributed by atoms with E-state index in [4.69, 9.17) is 26.4 Å². The number of carbonyl (C=O) groups is 2. The van der Waals surface area contributed by atoms with Gasteiger partial charge >= 0.3 is 11.9 Å². The molecule has 0 heterocycles. The number of nitrogens with two attached hydrogens (primary N) is 2. The first kappa shape index (κ1) is 23.8. The van der Waals surface area contributed by atoms with Crippen molar-refractivity contribution in [3.63, 3.8) is 0 Å². The number of carbonyl (C=O) groups excluding carboxylic acids is 1. The first-order valence-electron chi connectivity index (χ1n) is 9.12. The van der Waals surface area contributed by atoms with Crippen molar-refractivity contribution in [1.29, 1.82) is 0 Å². The van der Waals surface area contributed by atoms with E-state index in [1.807, 2.05) is 0 Å². The number of hydrogen-bond donors (Lipinski definition) is 5. The number of unbranched alkanes of at least 4 members (excludes halogenated alkanes) is 1. The molecule has 8 nitrogen and oxygen atoms in total. The van der Waals surface area contributed by atoms with Crippen molar-refractivity contribution < 1.29 is 29.6 Å². The molecule has 0 aliphatic rings. The standard InChI is InChI=1S/C11H15NO2.C10H13NO4/c1-2-3-8-14-11(13)9-4-6-10(12)7-5-9;1-10(11,9(14)15)5-6-2-3-7(12)8(13)4-6/h4-7H,2-3,8,12H2,1H3;2-4,12-13H,5,11H2,1H3,(H,14,15). The average Bonchev–Trinajstić information content (AvgIpc) is 2.65. The third-order valence-corrected chi connectivity index (χ3v) is 3.98. The van der Waals surface area contributed by atoms with E-state index in [2.05, 4.69) is 6.92 Å². The van der Waals surface area contributed by atoms with Crippen molar-refractivity contribution in [3.8, 4) is 11.5 Å². The van der Waals surface area contributed by atoms with Crippen molar-refractivity contribution in [3.05, 3.63) is 53.6 Å². The predicted octanol–water partition coefficient (Wildman–Crippen LogP) is 2.67. The van der Waals surface area contributed by atoms with Crippen molar-refractivity contribution in [1.82, 2.24) is 0 Å². The van der Waals surface area contributed by atoms with Crippen LogP contribution in [0, 0.1) is 0 Å². The van der Waals surface area contributed by atoms with Gasteiger partial charge in [0, 0.05) is 12.1 Å². The summed E-state index contributed by atoms with van der Waals surface area (Å²) in [5.41, 5.74) is 11.4. The summed E-state index contributed by atoms with van der Waals surface area (Å²) in [6, 6.07) is 10.8. The van der Waals surface area contributed by atoms with Crippen molar-refractivity contribution in [2.45, 2.75) is 38.6 Å². The molecule has 0 amide bonds. The molecule has 2 aromatic rings. The molecular formula is C21H28N2O6. The summed E-state index contributed by atoms with van der Waals surface area (Å²) in [5, 5.41) is 27.0. The molecule has 1 atom stereocenters. The minimum atomic E-state index is -1.39. The van der Waals surface area contributed by atoms with Gasteiger partial charge in [0.2, 0.25) is 0 Å². The fourth-order valence-corrected chi connectivity index (χ4v) is 2.19. The molecule has 0 spiro atoms. The van der Waals surface area contributed by atoms with Gasteiger partial charge < -0.3 is 31.5 Å². The Morgan fingerprint density at radius 3 is 2.21 bits per heavy atom. The number of carboxylic acids is 1. The Morgan fingerprint density at radius 1 is 1.07 bits per heavy atom. The van der Waals surface area contributed by atoms with Crippen LogP contribution in [-0.4, -0.2) is 39.4 Å². The molecule has 0 aliphatic carbocycles. The van der Waals surface area contributed by atoms with Crippen LogP contribution >= 0.6 is 0 Å². The molecule has 0 radical (unpaired) electrons. The first-order valence-corrected chi connectivity index (χ1v) is 9.12. The number of nitrogen functional groups attached to an aromatic ring is 1. The number of phenolic OH excluding ortho intramolecular Hbond substituents is 2. The highest BCUT2D eigenvalue weighted by Crippen LogP contribution is 2.26. The largest absolute Gasteiger partial charge is 0.504 e. The smallest absolute Gasteiger partial charge is 0.338 e. The van der Waals surface area contributed by atoms with E-state index < -0.39 is 11.5 Å². The second kappa shape index (κ2) is 10.9. The summed E-state index contributed by atoms with van der Waals surface area (Å²) >= 11 is 0. The Balaban J connectivity index is 0.000000291. The molecule has 2 aromatic carbocycles. The molecular weight excluding hydrogens is 376 g/mol. The van der Waals surface area contributed by atoms with Crippen LogP contribution in [0.5, 0.6) is 11.5 Å². The van der Waals surface area contributed by atoms with Gasteiger partial charge in [0.05, 0.1) is 12.2 Å². The number of ether oxygens (including phenoxy) is 1. The van der Waals surface area contributed by atoms with E-state index in [0.717, 1.165) is 12.8 Å². The monoisotopic (exact) mass is 404 g/mol. The molecule has 0 aliphatic heterocycles. The van der Waals surface area contributed by atoms with Crippen LogP contribution in [0.1, 0.15) is 42.6 Å². The quantitative estimate of drug-likeness (QED) is 0.204. The summed E-state index contributed by atoms with van der Waals surface area (Å²) in [6.45, 7) is 3.93. The number of aliphatic carboxylic acids is 1. The molecule has 2 rings (SSSR count). The van der Waals surface area contributed by atoms with Gasteiger partial charge in [-0.25, -0.2) is 4.79 Å². The average molecular weight is 404 g/mol. The van der Waals surface area contributed by atoms with Gasteiger partial charge in [-0.1, -0.05) is 19.4 Å². The van der Waals surface area contributed by atoms with Crippen LogP contribution in [0.25, 0.3) is 0 Å². The molecule has 1 unspecified atom stereocenters. The lowest BCUT2D eigenvalue weighted by molar-refractivity contribution is -0.142. The lowest BCUT2D eigenvalue weighted by Gasteiger charge is -2.19. The number of phenols is 2. The van der Waals surface area contributed by atoms with Crippen LogP contribution in [0.3, 0.4) is 0 Å². The van der Waals surface area contributed by atoms with Gasteiger partial charge in [0.1, 0.15) is 5.54 Å². The first-order chi connectivity index (χ1) is 13.6. The minimum absolute atomic E-state index is 0.0795. The highest BCUT2D eigenvalue weighted by Gasteiger charge is 2.28. The van der Waals surface area contributed by atoms with Crippen LogP contribution in [0.2, 0.25) is 0 Å². The second-order valence-corrected chi connectivity index (χ2v) is 6.83. The normalized spacial score (nSPS) is 12.2. The molecule has 29 heavy (non-hydrogen) atoms. The third-order valence-electron chi connectivity index (χ3n) is 3.98. The number of anilines is 1. The molecule has 158 valence electrons. The van der Waals surface area contributed by atoms with Gasteiger partial charge in [0.15, 0.2) is 11.5 Å². The maximum Gasteiger partial charge on any atom is 0.338 e. The Kier molecular flexibility index (Phi) is 8.95. The Labute approximate surface area is 169 Å². The maximum atomic E-state index is 11.4. The third kappa shape index (κ3) is 8.10. The van der Waals surface area contributed by atoms with E-state index in [1.54, 1.807) is 24.3 Å². The molecule has 8 heteroatoms. The fourth-order valence-electron chi connectivity index (χ4n) is 2.19. The van der Waals surface area contributed by atoms with E-state index in [9.17, 15) is 14.7 Å². The summed E-state index contributed by atoms with van der Waals surface area (Å²) < 4.78 is 5.03. The molecule has 0 aromatic heterocycles. The second-order valence-electron chi connectivity index (χ2n) is 6.83. The molecule has 0 fully saturated rings. The topological polar surface area (TPSA) is 156 Å². The highest BCUT2D eigenvalue weighted by molar-refractivity contribution is 5.89. The number of hydrogen-bond acceptors (Lipinski definition) is 7. The van der Waals surface area contributed by atoms with Crippen LogP contribution < -0.4 is 11.5 Å². The molecule has 0 bridgehead atoms. The van der Waals surface area contributed by atoms with E-state index in [1.165, 1.54) is 25.1 Å². The molecule has 0 saturated heterocycles. The van der Waals surface area contributed by atoms with Gasteiger partial charge in [-0.2, -0.15) is 0 Å². The Bertz CT molecular complexity index is 818. The van der Waals surface area contributed by atoms with Gasteiger partial charge in [0.25, 0.3) is 0 Å². The number of benzene rings is 2.